The molecule has 2 rings (SSSR count). The zero-order chi connectivity index (χ0) is 16.3. The summed E-state index contributed by atoms with van der Waals surface area (Å²) in [6, 6.07) is 6.28. The Morgan fingerprint density at radius 2 is 2.05 bits per heavy atom. The number of benzene rings is 1. The maximum Gasteiger partial charge on any atom is 0.223 e. The summed E-state index contributed by atoms with van der Waals surface area (Å²) in [5.41, 5.74) is 0.545. The number of hydrogen-bond acceptors (Lipinski definition) is 3. The molecule has 2 atom stereocenters. The van der Waals surface area contributed by atoms with Gasteiger partial charge >= 0.3 is 0 Å². The van der Waals surface area contributed by atoms with Gasteiger partial charge < -0.3 is 4.90 Å². The first-order valence-corrected chi connectivity index (χ1v) is 9.55. The fourth-order valence-corrected chi connectivity index (χ4v) is 3.66. The zero-order valence-electron chi connectivity index (χ0n) is 13.0. The molecule has 0 radical (unpaired) electrons. The Bertz CT molecular complexity index is 645. The quantitative estimate of drug-likeness (QED) is 0.835. The largest absolute Gasteiger partial charge is 0.335 e. The van der Waals surface area contributed by atoms with Gasteiger partial charge in [0.1, 0.15) is 15.7 Å². The van der Waals surface area contributed by atoms with Crippen molar-refractivity contribution in [3.05, 3.63) is 35.6 Å². The van der Waals surface area contributed by atoms with Crippen molar-refractivity contribution in [2.24, 2.45) is 5.92 Å². The Labute approximate surface area is 131 Å². The van der Waals surface area contributed by atoms with E-state index in [-0.39, 0.29) is 29.9 Å². The van der Waals surface area contributed by atoms with E-state index in [0.29, 0.717) is 24.4 Å². The number of sulfone groups is 1. The van der Waals surface area contributed by atoms with Crippen LogP contribution in [0.15, 0.2) is 24.3 Å². The van der Waals surface area contributed by atoms with Crippen LogP contribution < -0.4 is 0 Å². The molecule has 4 nitrogen and oxygen atoms in total. The van der Waals surface area contributed by atoms with Crippen molar-refractivity contribution in [2.75, 3.05) is 18.6 Å². The molecule has 0 bridgehead atoms. The topological polar surface area (TPSA) is 54.5 Å². The minimum atomic E-state index is -3.06. The number of amides is 1. The molecule has 1 aliphatic heterocycles. The van der Waals surface area contributed by atoms with Crippen LogP contribution in [0, 0.1) is 11.7 Å². The van der Waals surface area contributed by atoms with Gasteiger partial charge in [-0.3, -0.25) is 4.79 Å². The number of rotatable bonds is 5. The van der Waals surface area contributed by atoms with E-state index in [0.717, 1.165) is 12.7 Å². The summed E-state index contributed by atoms with van der Waals surface area (Å²) >= 11 is 0. The lowest BCUT2D eigenvalue weighted by atomic mass is 10.0. The first kappa shape index (κ1) is 16.9. The second-order valence-corrected chi connectivity index (χ2v) is 8.42. The number of carbonyl (C=O) groups is 1. The van der Waals surface area contributed by atoms with Gasteiger partial charge in [0.25, 0.3) is 0 Å². The Hall–Kier alpha value is -1.43. The van der Waals surface area contributed by atoms with Crippen molar-refractivity contribution in [1.82, 2.24) is 4.90 Å². The summed E-state index contributed by atoms with van der Waals surface area (Å²) in [6.07, 6.45) is 2.40. The molecule has 1 saturated heterocycles. The third-order valence-corrected chi connectivity index (χ3v) is 5.03. The lowest BCUT2D eigenvalue weighted by molar-refractivity contribution is -0.132. The van der Waals surface area contributed by atoms with Crippen molar-refractivity contribution in [3.8, 4) is 0 Å². The Balaban J connectivity index is 2.08. The Kier molecular flexibility index (Phi) is 5.21. The van der Waals surface area contributed by atoms with Gasteiger partial charge in [0.05, 0.1) is 11.8 Å². The SMILES string of the molecule is C[C@@H]1C[C@@H](c2ccccc2F)N(C(=O)CCCS(C)(=O)=O)C1. The molecule has 1 aliphatic rings. The number of hydrogen-bond donors (Lipinski definition) is 0. The summed E-state index contributed by atoms with van der Waals surface area (Å²) in [4.78, 5) is 14.1. The molecule has 1 amide bonds. The van der Waals surface area contributed by atoms with Crippen LogP contribution in [-0.4, -0.2) is 37.8 Å². The normalized spacial score (nSPS) is 22.0. The molecule has 0 aliphatic carbocycles. The standard InChI is InChI=1S/C16H22FNO3S/c1-12-10-15(13-6-3-4-7-14(13)17)18(11-12)16(19)8-5-9-22(2,20)21/h3-4,6-7,12,15H,5,8-11H2,1-2H3/t12-,15+/m1/s1. The molecular formula is C16H22FNO3S. The highest BCUT2D eigenvalue weighted by molar-refractivity contribution is 7.90. The predicted molar refractivity (Wildman–Crippen MR) is 83.6 cm³/mol. The average Bonchev–Trinajstić information content (AvgIpc) is 2.79. The number of carbonyl (C=O) groups excluding carboxylic acids is 1. The summed E-state index contributed by atoms with van der Waals surface area (Å²) in [5.74, 6) is -0.0767. The monoisotopic (exact) mass is 327 g/mol. The maximum atomic E-state index is 14.0. The molecular weight excluding hydrogens is 305 g/mol. The van der Waals surface area contributed by atoms with E-state index in [9.17, 15) is 17.6 Å². The van der Waals surface area contributed by atoms with Gasteiger partial charge in [-0.1, -0.05) is 25.1 Å². The fourth-order valence-electron chi connectivity index (χ4n) is 2.99. The molecule has 0 saturated carbocycles. The Morgan fingerprint density at radius 3 is 2.68 bits per heavy atom. The summed E-state index contributed by atoms with van der Waals surface area (Å²) in [6.45, 7) is 2.63. The molecule has 1 aromatic rings. The van der Waals surface area contributed by atoms with E-state index in [2.05, 4.69) is 0 Å². The Morgan fingerprint density at radius 1 is 1.36 bits per heavy atom. The summed E-state index contributed by atoms with van der Waals surface area (Å²) in [5, 5.41) is 0. The van der Waals surface area contributed by atoms with Crippen LogP contribution in [0.4, 0.5) is 4.39 Å². The maximum absolute atomic E-state index is 14.0. The van der Waals surface area contributed by atoms with Crippen LogP contribution in [0.2, 0.25) is 0 Å². The highest BCUT2D eigenvalue weighted by Gasteiger charge is 2.35. The first-order valence-electron chi connectivity index (χ1n) is 7.49. The highest BCUT2D eigenvalue weighted by Crippen LogP contribution is 2.36. The third kappa shape index (κ3) is 4.29. The average molecular weight is 327 g/mol. The molecule has 0 N–H and O–H groups in total. The van der Waals surface area contributed by atoms with Crippen molar-refractivity contribution < 1.29 is 17.6 Å². The molecule has 1 aromatic carbocycles. The van der Waals surface area contributed by atoms with E-state index in [1.54, 1.807) is 23.1 Å². The second-order valence-electron chi connectivity index (χ2n) is 6.16. The van der Waals surface area contributed by atoms with Crippen LogP contribution >= 0.6 is 0 Å². The summed E-state index contributed by atoms with van der Waals surface area (Å²) < 4.78 is 36.3. The van der Waals surface area contributed by atoms with Gasteiger partial charge in [-0.05, 0) is 24.8 Å². The van der Waals surface area contributed by atoms with Crippen molar-refractivity contribution in [2.45, 2.75) is 32.2 Å². The van der Waals surface area contributed by atoms with E-state index >= 15 is 0 Å². The molecule has 0 unspecified atom stereocenters. The number of nitrogens with zero attached hydrogens (tertiary/aromatic N) is 1. The van der Waals surface area contributed by atoms with Crippen LogP contribution in [0.1, 0.15) is 37.8 Å². The number of halogens is 1. The summed E-state index contributed by atoms with van der Waals surface area (Å²) in [7, 11) is -3.06. The smallest absolute Gasteiger partial charge is 0.223 e. The minimum Gasteiger partial charge on any atom is -0.335 e. The highest BCUT2D eigenvalue weighted by atomic mass is 32.2. The van der Waals surface area contributed by atoms with Gasteiger partial charge in [0.2, 0.25) is 5.91 Å². The lowest BCUT2D eigenvalue weighted by Crippen LogP contribution is -2.31. The van der Waals surface area contributed by atoms with Gasteiger partial charge in [0.15, 0.2) is 0 Å². The third-order valence-electron chi connectivity index (χ3n) is 4.00. The molecule has 6 heteroatoms. The molecule has 22 heavy (non-hydrogen) atoms. The van der Waals surface area contributed by atoms with Gasteiger partial charge in [-0.25, -0.2) is 12.8 Å². The van der Waals surface area contributed by atoms with Gasteiger partial charge in [-0.2, -0.15) is 0 Å². The van der Waals surface area contributed by atoms with Crippen LogP contribution in [0.5, 0.6) is 0 Å². The van der Waals surface area contributed by atoms with Gasteiger partial charge in [0, 0.05) is 24.8 Å². The molecule has 0 spiro atoms. The van der Waals surface area contributed by atoms with E-state index in [4.69, 9.17) is 0 Å². The molecule has 0 aromatic heterocycles. The van der Waals surface area contributed by atoms with E-state index in [1.807, 2.05) is 6.92 Å². The van der Waals surface area contributed by atoms with Crippen molar-refractivity contribution >= 4 is 15.7 Å². The molecule has 1 heterocycles. The van der Waals surface area contributed by atoms with Gasteiger partial charge in [-0.15, -0.1) is 0 Å². The fraction of sp³-hybridized carbons (Fsp3) is 0.562. The van der Waals surface area contributed by atoms with Crippen molar-refractivity contribution in [3.63, 3.8) is 0 Å². The lowest BCUT2D eigenvalue weighted by Gasteiger charge is -2.25. The first-order chi connectivity index (χ1) is 10.3. The molecule has 1 fully saturated rings. The van der Waals surface area contributed by atoms with Crippen molar-refractivity contribution in [1.29, 1.82) is 0 Å². The predicted octanol–water partition coefficient (Wildman–Crippen LogP) is 2.56. The minimum absolute atomic E-state index is 0.00645. The van der Waals surface area contributed by atoms with E-state index < -0.39 is 9.84 Å². The van der Waals surface area contributed by atoms with Crippen LogP contribution in [0.3, 0.4) is 0 Å². The van der Waals surface area contributed by atoms with Crippen LogP contribution in [0.25, 0.3) is 0 Å². The second kappa shape index (κ2) is 6.77. The van der Waals surface area contributed by atoms with Crippen LogP contribution in [-0.2, 0) is 14.6 Å². The van der Waals surface area contributed by atoms with E-state index in [1.165, 1.54) is 6.07 Å². The molecule has 122 valence electrons. The number of likely N-dealkylation sites (tertiary alicyclic amines) is 1. The zero-order valence-corrected chi connectivity index (χ0v) is 13.8.